The lowest BCUT2D eigenvalue weighted by Crippen LogP contribution is -2.04. The summed E-state index contributed by atoms with van der Waals surface area (Å²) in [4.78, 5) is 12.3. The second kappa shape index (κ2) is 7.11. The van der Waals surface area contributed by atoms with Crippen LogP contribution >= 0.6 is 23.2 Å². The van der Waals surface area contributed by atoms with E-state index in [-0.39, 0.29) is 5.78 Å². The molecule has 21 heavy (non-hydrogen) atoms. The summed E-state index contributed by atoms with van der Waals surface area (Å²) in [7, 11) is 0. The molecule has 0 aromatic heterocycles. The molecule has 0 N–H and O–H groups in total. The van der Waals surface area contributed by atoms with Crippen LogP contribution in [0.25, 0.3) is 0 Å². The molecule has 0 fully saturated rings. The average molecular weight is 321 g/mol. The summed E-state index contributed by atoms with van der Waals surface area (Å²) in [5, 5.41) is 0.986. The number of carbonyl (C=O) groups is 1. The summed E-state index contributed by atoms with van der Waals surface area (Å²) < 4.78 is 0. The number of Topliss-reactive ketones (excluding diaryl/α,β-unsaturated/α-hetero) is 1. The van der Waals surface area contributed by atoms with Crippen molar-refractivity contribution in [1.82, 2.24) is 0 Å². The summed E-state index contributed by atoms with van der Waals surface area (Å²) in [6, 6.07) is 13.2. The minimum Gasteiger partial charge on any atom is -0.294 e. The Kier molecular flexibility index (Phi) is 5.44. The summed E-state index contributed by atoms with van der Waals surface area (Å²) in [6.07, 6.45) is 1.43. The van der Waals surface area contributed by atoms with Crippen LogP contribution in [0.2, 0.25) is 10.0 Å². The van der Waals surface area contributed by atoms with Crippen molar-refractivity contribution in [1.29, 1.82) is 0 Å². The average Bonchev–Trinajstić information content (AvgIpc) is 2.50. The van der Waals surface area contributed by atoms with Crippen molar-refractivity contribution >= 4 is 29.0 Å². The summed E-state index contributed by atoms with van der Waals surface area (Å²) >= 11 is 11.8. The van der Waals surface area contributed by atoms with Crippen LogP contribution in [0.1, 0.15) is 47.7 Å². The van der Waals surface area contributed by atoms with Gasteiger partial charge in [-0.1, -0.05) is 67.4 Å². The van der Waals surface area contributed by atoms with Gasteiger partial charge in [-0.25, -0.2) is 0 Å². The first-order chi connectivity index (χ1) is 10.0. The van der Waals surface area contributed by atoms with E-state index in [4.69, 9.17) is 23.2 Å². The van der Waals surface area contributed by atoms with E-state index < -0.39 is 0 Å². The van der Waals surface area contributed by atoms with Gasteiger partial charge in [-0.15, -0.1) is 0 Å². The first-order valence-electron chi connectivity index (χ1n) is 7.08. The third-order valence-electron chi connectivity index (χ3n) is 3.76. The molecule has 1 unspecified atom stereocenters. The topological polar surface area (TPSA) is 17.1 Å². The predicted octanol–water partition coefficient (Wildman–Crippen LogP) is 5.93. The zero-order valence-corrected chi connectivity index (χ0v) is 13.7. The number of rotatable bonds is 5. The molecule has 110 valence electrons. The van der Waals surface area contributed by atoms with E-state index in [9.17, 15) is 4.79 Å². The van der Waals surface area contributed by atoms with E-state index in [1.807, 2.05) is 30.3 Å². The van der Waals surface area contributed by atoms with Gasteiger partial charge in [0.05, 0.1) is 10.0 Å². The van der Waals surface area contributed by atoms with E-state index in [0.29, 0.717) is 22.4 Å². The highest BCUT2D eigenvalue weighted by Gasteiger charge is 2.10. The van der Waals surface area contributed by atoms with Crippen LogP contribution in [0.5, 0.6) is 0 Å². The van der Waals surface area contributed by atoms with Crippen LogP contribution in [-0.4, -0.2) is 5.78 Å². The second-order valence-electron chi connectivity index (χ2n) is 5.28. The van der Waals surface area contributed by atoms with Gasteiger partial charge >= 0.3 is 0 Å². The summed E-state index contributed by atoms with van der Waals surface area (Å²) in [6.45, 7) is 4.35. The van der Waals surface area contributed by atoms with Gasteiger partial charge in [-0.3, -0.25) is 4.79 Å². The number of hydrogen-bond donors (Lipinski definition) is 0. The molecule has 0 spiro atoms. The van der Waals surface area contributed by atoms with E-state index >= 15 is 0 Å². The Morgan fingerprint density at radius 3 is 2.29 bits per heavy atom. The first kappa shape index (κ1) is 16.1. The Balaban J connectivity index is 2.11. The van der Waals surface area contributed by atoms with Crippen molar-refractivity contribution in [3.05, 3.63) is 69.2 Å². The smallest absolute Gasteiger partial charge is 0.167 e. The van der Waals surface area contributed by atoms with Crippen molar-refractivity contribution in [3.8, 4) is 0 Å². The molecule has 0 saturated heterocycles. The molecule has 2 rings (SSSR count). The third-order valence-corrected chi connectivity index (χ3v) is 4.50. The molecule has 3 heteroatoms. The maximum atomic E-state index is 12.3. The van der Waals surface area contributed by atoms with Crippen molar-refractivity contribution in [2.75, 3.05) is 0 Å². The fourth-order valence-electron chi connectivity index (χ4n) is 2.17. The van der Waals surface area contributed by atoms with Crippen LogP contribution in [0.3, 0.4) is 0 Å². The number of halogens is 2. The van der Waals surface area contributed by atoms with E-state index in [1.165, 1.54) is 5.56 Å². The molecule has 0 bridgehead atoms. The van der Waals surface area contributed by atoms with Crippen LogP contribution in [0.15, 0.2) is 42.5 Å². The van der Waals surface area contributed by atoms with Crippen LogP contribution in [-0.2, 0) is 6.42 Å². The standard InChI is InChI=1S/C18H18Cl2O/c1-3-12(2)14-5-7-15(8-6-14)18(21)11-13-4-9-16(19)17(20)10-13/h4-10,12H,3,11H2,1-2H3. The second-order valence-corrected chi connectivity index (χ2v) is 6.09. The molecule has 0 radical (unpaired) electrons. The van der Waals surface area contributed by atoms with Crippen molar-refractivity contribution < 1.29 is 4.79 Å². The number of benzene rings is 2. The van der Waals surface area contributed by atoms with Crippen molar-refractivity contribution in [2.45, 2.75) is 32.6 Å². The maximum absolute atomic E-state index is 12.3. The van der Waals surface area contributed by atoms with Gasteiger partial charge in [0, 0.05) is 12.0 Å². The lowest BCUT2D eigenvalue weighted by atomic mass is 9.95. The molecular formula is C18H18Cl2O. The van der Waals surface area contributed by atoms with Gasteiger partial charge in [-0.2, -0.15) is 0 Å². The molecular weight excluding hydrogens is 303 g/mol. The maximum Gasteiger partial charge on any atom is 0.167 e. The summed E-state index contributed by atoms with van der Waals surface area (Å²) in [5.41, 5.74) is 2.87. The molecule has 1 atom stereocenters. The molecule has 0 aliphatic carbocycles. The molecule has 2 aromatic carbocycles. The largest absolute Gasteiger partial charge is 0.294 e. The minimum atomic E-state index is 0.0871. The number of hydrogen-bond acceptors (Lipinski definition) is 1. The van der Waals surface area contributed by atoms with Gasteiger partial charge in [0.25, 0.3) is 0 Å². The van der Waals surface area contributed by atoms with Gasteiger partial charge in [-0.05, 0) is 35.6 Å². The Bertz CT molecular complexity index is 632. The van der Waals surface area contributed by atoms with Gasteiger partial charge in [0.2, 0.25) is 0 Å². The predicted molar refractivity (Wildman–Crippen MR) is 89.6 cm³/mol. The SMILES string of the molecule is CCC(C)c1ccc(C(=O)Cc2ccc(Cl)c(Cl)c2)cc1. The summed E-state index contributed by atoms with van der Waals surface area (Å²) in [5.74, 6) is 0.605. The number of carbonyl (C=O) groups excluding carboxylic acids is 1. The molecule has 0 saturated carbocycles. The monoisotopic (exact) mass is 320 g/mol. The molecule has 0 heterocycles. The third kappa shape index (κ3) is 4.09. The Morgan fingerprint density at radius 1 is 1.05 bits per heavy atom. The quantitative estimate of drug-likeness (QED) is 0.624. The highest BCUT2D eigenvalue weighted by Crippen LogP contribution is 2.24. The zero-order chi connectivity index (χ0) is 15.4. The fraction of sp³-hybridized carbons (Fsp3) is 0.278. The Labute approximate surface area is 135 Å². The van der Waals surface area contributed by atoms with Crippen molar-refractivity contribution in [2.24, 2.45) is 0 Å². The Hall–Kier alpha value is -1.31. The fourth-order valence-corrected chi connectivity index (χ4v) is 2.49. The van der Waals surface area contributed by atoms with Crippen LogP contribution in [0.4, 0.5) is 0 Å². The lowest BCUT2D eigenvalue weighted by Gasteiger charge is -2.09. The minimum absolute atomic E-state index is 0.0871. The van der Waals surface area contributed by atoms with Gasteiger partial charge in [0.15, 0.2) is 5.78 Å². The van der Waals surface area contributed by atoms with Gasteiger partial charge < -0.3 is 0 Å². The van der Waals surface area contributed by atoms with Crippen molar-refractivity contribution in [3.63, 3.8) is 0 Å². The van der Waals surface area contributed by atoms with E-state index in [2.05, 4.69) is 13.8 Å². The van der Waals surface area contributed by atoms with E-state index in [0.717, 1.165) is 17.5 Å². The number of ketones is 1. The van der Waals surface area contributed by atoms with E-state index in [1.54, 1.807) is 12.1 Å². The van der Waals surface area contributed by atoms with Crippen LogP contribution in [0, 0.1) is 0 Å². The highest BCUT2D eigenvalue weighted by atomic mass is 35.5. The molecule has 0 aliphatic heterocycles. The molecule has 2 aromatic rings. The van der Waals surface area contributed by atoms with Gasteiger partial charge in [0.1, 0.15) is 0 Å². The molecule has 1 nitrogen and oxygen atoms in total. The lowest BCUT2D eigenvalue weighted by molar-refractivity contribution is 0.0993. The zero-order valence-electron chi connectivity index (χ0n) is 12.2. The Morgan fingerprint density at radius 2 is 1.71 bits per heavy atom. The first-order valence-corrected chi connectivity index (χ1v) is 7.84. The highest BCUT2D eigenvalue weighted by molar-refractivity contribution is 6.42. The molecule has 0 aliphatic rings. The normalized spacial score (nSPS) is 12.2. The molecule has 0 amide bonds. The van der Waals surface area contributed by atoms with Crippen LogP contribution < -0.4 is 0 Å².